The number of aromatic nitrogens is 2. The fraction of sp³-hybridized carbons (Fsp3) is 0.476. The van der Waals surface area contributed by atoms with E-state index in [1.807, 2.05) is 17.0 Å². The van der Waals surface area contributed by atoms with Crippen LogP contribution in [-0.2, 0) is 10.4 Å². The molecule has 3 heterocycles. The lowest BCUT2D eigenvalue weighted by Gasteiger charge is -2.41. The second kappa shape index (κ2) is 8.05. The van der Waals surface area contributed by atoms with E-state index in [0.29, 0.717) is 43.4 Å². The zero-order chi connectivity index (χ0) is 19.6. The lowest BCUT2D eigenvalue weighted by atomic mass is 9.84. The molecule has 7 heteroatoms. The maximum absolute atomic E-state index is 13.1. The summed E-state index contributed by atoms with van der Waals surface area (Å²) in [7, 11) is 0. The molecule has 28 heavy (non-hydrogen) atoms. The molecule has 2 aromatic rings. The molecule has 1 atom stereocenters. The van der Waals surface area contributed by atoms with Crippen molar-refractivity contribution in [1.29, 1.82) is 0 Å². The molecular formula is C21H25ClN4O2. The average molecular weight is 401 g/mol. The number of anilines is 1. The first-order valence-electron chi connectivity index (χ1n) is 9.84. The lowest BCUT2D eigenvalue weighted by molar-refractivity contribution is -0.140. The molecule has 0 spiro atoms. The molecule has 2 aliphatic heterocycles. The normalized spacial score (nSPS) is 22.1. The summed E-state index contributed by atoms with van der Waals surface area (Å²) in [4.78, 5) is 25.7. The van der Waals surface area contributed by atoms with Crippen molar-refractivity contribution < 1.29 is 9.90 Å². The minimum atomic E-state index is -0.891. The largest absolute Gasteiger partial charge is 0.385 e. The van der Waals surface area contributed by atoms with Crippen molar-refractivity contribution in [2.75, 3.05) is 31.1 Å². The third-order valence-corrected chi connectivity index (χ3v) is 6.14. The van der Waals surface area contributed by atoms with Crippen LogP contribution >= 0.6 is 11.6 Å². The predicted molar refractivity (Wildman–Crippen MR) is 108 cm³/mol. The highest BCUT2D eigenvalue weighted by molar-refractivity contribution is 6.30. The van der Waals surface area contributed by atoms with Crippen LogP contribution in [0.25, 0.3) is 0 Å². The number of amides is 1. The molecule has 0 radical (unpaired) electrons. The van der Waals surface area contributed by atoms with E-state index in [1.54, 1.807) is 30.6 Å². The van der Waals surface area contributed by atoms with E-state index < -0.39 is 5.60 Å². The molecule has 2 fully saturated rings. The number of hydrogen-bond donors (Lipinski definition) is 1. The van der Waals surface area contributed by atoms with Gasteiger partial charge in [0.2, 0.25) is 11.9 Å². The number of nitrogens with zero attached hydrogens (tertiary/aromatic N) is 4. The van der Waals surface area contributed by atoms with Gasteiger partial charge in [0.1, 0.15) is 0 Å². The van der Waals surface area contributed by atoms with E-state index >= 15 is 0 Å². The summed E-state index contributed by atoms with van der Waals surface area (Å²) in [6.07, 6.45) is 6.39. The van der Waals surface area contributed by atoms with Crippen LogP contribution in [0.15, 0.2) is 42.7 Å². The Hall–Kier alpha value is -2.18. The molecule has 1 amide bonds. The standard InChI is InChI=1S/C21H25ClN4O2/c22-18-6-4-17(5-7-18)21(28)8-13-25(14-9-21)19(27)16-3-1-12-26(15-16)20-23-10-2-11-24-20/h2,4-7,10-11,16,28H,1,3,8-9,12-15H2. The Morgan fingerprint density at radius 3 is 2.46 bits per heavy atom. The molecule has 1 aromatic carbocycles. The molecule has 1 N–H and O–H groups in total. The molecule has 6 nitrogen and oxygen atoms in total. The van der Waals surface area contributed by atoms with Crippen LogP contribution in [0.5, 0.6) is 0 Å². The van der Waals surface area contributed by atoms with Gasteiger partial charge in [-0.3, -0.25) is 4.79 Å². The van der Waals surface area contributed by atoms with Crippen LogP contribution in [0.3, 0.4) is 0 Å². The van der Waals surface area contributed by atoms with Gasteiger partial charge < -0.3 is 14.9 Å². The Labute approximate surface area is 170 Å². The smallest absolute Gasteiger partial charge is 0.227 e. The third kappa shape index (κ3) is 3.98. The van der Waals surface area contributed by atoms with Gasteiger partial charge >= 0.3 is 0 Å². The van der Waals surface area contributed by atoms with Gasteiger partial charge in [0.25, 0.3) is 0 Å². The topological polar surface area (TPSA) is 69.6 Å². The fourth-order valence-corrected chi connectivity index (χ4v) is 4.34. The Morgan fingerprint density at radius 2 is 1.79 bits per heavy atom. The summed E-state index contributed by atoms with van der Waals surface area (Å²) >= 11 is 5.96. The summed E-state index contributed by atoms with van der Waals surface area (Å²) in [6, 6.07) is 9.15. The third-order valence-electron chi connectivity index (χ3n) is 5.89. The van der Waals surface area contributed by atoms with Crippen molar-refractivity contribution in [2.45, 2.75) is 31.3 Å². The number of aliphatic hydroxyl groups is 1. The number of hydrogen-bond acceptors (Lipinski definition) is 5. The highest BCUT2D eigenvalue weighted by Crippen LogP contribution is 2.34. The van der Waals surface area contributed by atoms with Gasteiger partial charge in [-0.15, -0.1) is 0 Å². The van der Waals surface area contributed by atoms with Gasteiger partial charge in [-0.05, 0) is 49.4 Å². The van der Waals surface area contributed by atoms with E-state index in [0.717, 1.165) is 24.9 Å². The van der Waals surface area contributed by atoms with Gasteiger partial charge in [0.15, 0.2) is 0 Å². The average Bonchev–Trinajstić information content (AvgIpc) is 2.75. The van der Waals surface area contributed by atoms with Crippen LogP contribution in [0.2, 0.25) is 5.02 Å². The van der Waals surface area contributed by atoms with Crippen molar-refractivity contribution in [2.24, 2.45) is 5.92 Å². The first-order chi connectivity index (χ1) is 13.5. The lowest BCUT2D eigenvalue weighted by Crippen LogP contribution is -2.50. The zero-order valence-corrected chi connectivity index (χ0v) is 16.6. The molecule has 0 aliphatic carbocycles. The summed E-state index contributed by atoms with van der Waals surface area (Å²) in [6.45, 7) is 2.66. The molecule has 1 aromatic heterocycles. The van der Waals surface area contributed by atoms with Crippen LogP contribution < -0.4 is 4.90 Å². The van der Waals surface area contributed by atoms with Gasteiger partial charge in [0.05, 0.1) is 11.5 Å². The Bertz CT molecular complexity index is 807. The number of rotatable bonds is 3. The van der Waals surface area contributed by atoms with E-state index in [1.165, 1.54) is 0 Å². The summed E-state index contributed by atoms with van der Waals surface area (Å²) < 4.78 is 0. The van der Waals surface area contributed by atoms with Crippen LogP contribution in [0.4, 0.5) is 5.95 Å². The highest BCUT2D eigenvalue weighted by atomic mass is 35.5. The van der Waals surface area contributed by atoms with Gasteiger partial charge in [-0.1, -0.05) is 23.7 Å². The first kappa shape index (κ1) is 19.2. The highest BCUT2D eigenvalue weighted by Gasteiger charge is 2.38. The zero-order valence-electron chi connectivity index (χ0n) is 15.8. The molecule has 2 saturated heterocycles. The van der Waals surface area contributed by atoms with E-state index in [-0.39, 0.29) is 11.8 Å². The Morgan fingerprint density at radius 1 is 1.11 bits per heavy atom. The molecule has 4 rings (SSSR count). The number of halogens is 1. The minimum absolute atomic E-state index is 0.0423. The van der Waals surface area contributed by atoms with Crippen molar-refractivity contribution in [3.63, 3.8) is 0 Å². The van der Waals surface area contributed by atoms with Gasteiger partial charge in [0, 0.05) is 43.6 Å². The number of likely N-dealkylation sites (tertiary alicyclic amines) is 1. The SMILES string of the molecule is O=C(C1CCCN(c2ncccn2)C1)N1CCC(O)(c2ccc(Cl)cc2)CC1. The van der Waals surface area contributed by atoms with E-state index in [9.17, 15) is 9.90 Å². The molecule has 2 aliphatic rings. The van der Waals surface area contributed by atoms with Crippen molar-refractivity contribution in [3.05, 3.63) is 53.3 Å². The maximum atomic E-state index is 13.1. The number of carbonyl (C=O) groups is 1. The number of benzene rings is 1. The first-order valence-corrected chi connectivity index (χ1v) is 10.2. The van der Waals surface area contributed by atoms with E-state index in [2.05, 4.69) is 14.9 Å². The monoisotopic (exact) mass is 400 g/mol. The Balaban J connectivity index is 1.38. The number of piperidine rings is 2. The van der Waals surface area contributed by atoms with Crippen molar-refractivity contribution in [1.82, 2.24) is 14.9 Å². The van der Waals surface area contributed by atoms with Crippen LogP contribution in [0.1, 0.15) is 31.2 Å². The summed E-state index contributed by atoms with van der Waals surface area (Å²) in [5.41, 5.74) is -0.0215. The quantitative estimate of drug-likeness (QED) is 0.857. The maximum Gasteiger partial charge on any atom is 0.227 e. The van der Waals surface area contributed by atoms with Crippen molar-refractivity contribution in [3.8, 4) is 0 Å². The number of carbonyl (C=O) groups excluding carboxylic acids is 1. The Kier molecular flexibility index (Phi) is 5.51. The summed E-state index contributed by atoms with van der Waals surface area (Å²) in [5.74, 6) is 0.828. The molecule has 0 saturated carbocycles. The molecule has 0 bridgehead atoms. The molecule has 1 unspecified atom stereocenters. The predicted octanol–water partition coefficient (Wildman–Crippen LogP) is 2.86. The second-order valence-electron chi connectivity index (χ2n) is 7.70. The molecule has 148 valence electrons. The minimum Gasteiger partial charge on any atom is -0.385 e. The fourth-order valence-electron chi connectivity index (χ4n) is 4.22. The van der Waals surface area contributed by atoms with E-state index in [4.69, 9.17) is 11.6 Å². The molecular weight excluding hydrogens is 376 g/mol. The van der Waals surface area contributed by atoms with Crippen molar-refractivity contribution >= 4 is 23.5 Å². The van der Waals surface area contributed by atoms with Crippen LogP contribution in [-0.4, -0.2) is 52.1 Å². The van der Waals surface area contributed by atoms with Crippen LogP contribution in [0, 0.1) is 5.92 Å². The van der Waals surface area contributed by atoms with Gasteiger partial charge in [-0.25, -0.2) is 9.97 Å². The summed E-state index contributed by atoms with van der Waals surface area (Å²) in [5, 5.41) is 11.7. The van der Waals surface area contributed by atoms with Gasteiger partial charge in [-0.2, -0.15) is 0 Å². The second-order valence-corrected chi connectivity index (χ2v) is 8.13.